The van der Waals surface area contributed by atoms with Crippen molar-refractivity contribution in [2.24, 2.45) is 0 Å². The zero-order chi connectivity index (χ0) is 15.8. The minimum absolute atomic E-state index is 0.00532. The number of halogens is 1. The second-order valence-corrected chi connectivity index (χ2v) is 6.42. The summed E-state index contributed by atoms with van der Waals surface area (Å²) < 4.78 is 0.403. The first-order valence-corrected chi connectivity index (χ1v) is 7.04. The highest BCUT2D eigenvalue weighted by Gasteiger charge is 2.22. The molecule has 0 aliphatic rings. The van der Waals surface area contributed by atoms with E-state index < -0.39 is 4.92 Å². The van der Waals surface area contributed by atoms with Crippen LogP contribution in [0.25, 0.3) is 11.4 Å². The first-order chi connectivity index (χ1) is 9.70. The molecule has 110 valence electrons. The number of nitro benzene ring substituents is 1. The van der Waals surface area contributed by atoms with Crippen molar-refractivity contribution in [3.63, 3.8) is 0 Å². The van der Waals surface area contributed by atoms with Crippen molar-refractivity contribution >= 4 is 21.6 Å². The zero-order valence-electron chi connectivity index (χ0n) is 11.8. The van der Waals surface area contributed by atoms with Crippen molar-refractivity contribution in [2.75, 3.05) is 0 Å². The Morgan fingerprint density at radius 2 is 1.81 bits per heavy atom. The summed E-state index contributed by atoms with van der Waals surface area (Å²) in [6, 6.07) is 5.90. The Bertz CT molecular complexity index is 746. The fourth-order valence-electron chi connectivity index (χ4n) is 1.83. The SMILES string of the molecule is CC(C)(C)c1nc(-c2ccc([N+](=O)[O-])cc2)[nH]c(=O)c1Br. The predicted molar refractivity (Wildman–Crippen MR) is 83.3 cm³/mol. The van der Waals surface area contributed by atoms with Gasteiger partial charge in [-0.05, 0) is 28.1 Å². The summed E-state index contributed by atoms with van der Waals surface area (Å²) >= 11 is 3.26. The van der Waals surface area contributed by atoms with Crippen molar-refractivity contribution < 1.29 is 4.92 Å². The molecule has 0 spiro atoms. The summed E-state index contributed by atoms with van der Waals surface area (Å²) in [7, 11) is 0. The maximum absolute atomic E-state index is 12.0. The number of nitro groups is 1. The lowest BCUT2D eigenvalue weighted by Gasteiger charge is -2.19. The number of hydrogen-bond donors (Lipinski definition) is 1. The van der Waals surface area contributed by atoms with Gasteiger partial charge in [0.1, 0.15) is 10.3 Å². The van der Waals surface area contributed by atoms with E-state index in [0.717, 1.165) is 0 Å². The number of H-pyrrole nitrogens is 1. The molecular formula is C14H14BrN3O3. The first kappa shape index (κ1) is 15.4. The van der Waals surface area contributed by atoms with Gasteiger partial charge in [-0.2, -0.15) is 0 Å². The van der Waals surface area contributed by atoms with Crippen molar-refractivity contribution in [3.05, 3.63) is 54.9 Å². The van der Waals surface area contributed by atoms with E-state index in [4.69, 9.17) is 0 Å². The van der Waals surface area contributed by atoms with Gasteiger partial charge in [0.15, 0.2) is 0 Å². The summed E-state index contributed by atoms with van der Waals surface area (Å²) in [5.41, 5.74) is 0.677. The van der Waals surface area contributed by atoms with Crippen molar-refractivity contribution in [1.82, 2.24) is 9.97 Å². The molecule has 1 N–H and O–H groups in total. The highest BCUT2D eigenvalue weighted by molar-refractivity contribution is 9.10. The van der Waals surface area contributed by atoms with Gasteiger partial charge in [0.05, 0.1) is 10.6 Å². The normalized spacial score (nSPS) is 11.4. The lowest BCUT2D eigenvalue weighted by molar-refractivity contribution is -0.384. The van der Waals surface area contributed by atoms with Gasteiger partial charge in [-0.15, -0.1) is 0 Å². The Morgan fingerprint density at radius 3 is 2.29 bits per heavy atom. The maximum atomic E-state index is 12.0. The largest absolute Gasteiger partial charge is 0.306 e. The van der Waals surface area contributed by atoms with E-state index >= 15 is 0 Å². The summed E-state index contributed by atoms with van der Waals surface area (Å²) in [6.45, 7) is 5.87. The second kappa shape index (κ2) is 5.40. The third-order valence-electron chi connectivity index (χ3n) is 2.92. The Balaban J connectivity index is 2.57. The number of nitrogens with zero attached hydrogens (tertiary/aromatic N) is 2. The van der Waals surface area contributed by atoms with E-state index in [1.54, 1.807) is 12.1 Å². The Morgan fingerprint density at radius 1 is 1.24 bits per heavy atom. The molecule has 1 heterocycles. The molecule has 1 aromatic carbocycles. The molecule has 0 radical (unpaired) electrons. The molecule has 0 aliphatic carbocycles. The highest BCUT2D eigenvalue weighted by Crippen LogP contribution is 2.27. The Hall–Kier alpha value is -2.02. The smallest absolute Gasteiger partial charge is 0.269 e. The molecule has 0 saturated heterocycles. The van der Waals surface area contributed by atoms with E-state index in [9.17, 15) is 14.9 Å². The predicted octanol–water partition coefficient (Wildman–Crippen LogP) is 3.41. The molecule has 0 aliphatic heterocycles. The van der Waals surface area contributed by atoms with Crippen LogP contribution in [0.15, 0.2) is 33.5 Å². The number of non-ortho nitro benzene ring substituents is 1. The molecule has 0 bridgehead atoms. The molecule has 0 unspecified atom stereocenters. The fraction of sp³-hybridized carbons (Fsp3) is 0.286. The summed E-state index contributed by atoms with van der Waals surface area (Å²) in [6.07, 6.45) is 0. The average molecular weight is 352 g/mol. The van der Waals surface area contributed by atoms with Crippen LogP contribution < -0.4 is 5.56 Å². The van der Waals surface area contributed by atoms with Gasteiger partial charge >= 0.3 is 0 Å². The van der Waals surface area contributed by atoms with Crippen LogP contribution in [0.1, 0.15) is 26.5 Å². The van der Waals surface area contributed by atoms with Gasteiger partial charge in [0.2, 0.25) is 0 Å². The third kappa shape index (κ3) is 3.18. The monoisotopic (exact) mass is 351 g/mol. The van der Waals surface area contributed by atoms with E-state index in [-0.39, 0.29) is 16.7 Å². The Labute approximate surface area is 129 Å². The number of rotatable bonds is 2. The molecule has 0 saturated carbocycles. The fourth-order valence-corrected chi connectivity index (χ4v) is 2.62. The quantitative estimate of drug-likeness (QED) is 0.663. The molecule has 21 heavy (non-hydrogen) atoms. The molecule has 6 nitrogen and oxygen atoms in total. The number of aromatic amines is 1. The van der Waals surface area contributed by atoms with Gasteiger partial charge < -0.3 is 4.98 Å². The van der Waals surface area contributed by atoms with Crippen LogP contribution in [-0.4, -0.2) is 14.9 Å². The van der Waals surface area contributed by atoms with Gasteiger partial charge in [-0.25, -0.2) is 4.98 Å². The first-order valence-electron chi connectivity index (χ1n) is 6.25. The summed E-state index contributed by atoms with van der Waals surface area (Å²) in [5, 5.41) is 10.7. The van der Waals surface area contributed by atoms with Gasteiger partial charge in [-0.1, -0.05) is 20.8 Å². The highest BCUT2D eigenvalue weighted by atomic mass is 79.9. The lowest BCUT2D eigenvalue weighted by atomic mass is 9.92. The number of benzene rings is 1. The molecule has 2 aromatic rings. The summed E-state index contributed by atoms with van der Waals surface area (Å²) in [4.78, 5) is 29.3. The molecule has 2 rings (SSSR count). The van der Waals surface area contributed by atoms with Crippen LogP contribution in [0.4, 0.5) is 5.69 Å². The van der Waals surface area contributed by atoms with E-state index in [2.05, 4.69) is 25.9 Å². The third-order valence-corrected chi connectivity index (χ3v) is 3.66. The molecule has 1 aromatic heterocycles. The minimum Gasteiger partial charge on any atom is -0.306 e. The number of hydrogen-bond acceptors (Lipinski definition) is 4. The van der Waals surface area contributed by atoms with Crippen molar-refractivity contribution in [1.29, 1.82) is 0 Å². The van der Waals surface area contributed by atoms with Crippen LogP contribution in [0.5, 0.6) is 0 Å². The zero-order valence-corrected chi connectivity index (χ0v) is 13.4. The average Bonchev–Trinajstić information content (AvgIpc) is 2.40. The van der Waals surface area contributed by atoms with E-state index in [1.807, 2.05) is 20.8 Å². The molecule has 7 heteroatoms. The standard InChI is InChI=1S/C14H14BrN3O3/c1-14(2,3)11-10(15)13(19)17-12(16-11)8-4-6-9(7-5-8)18(20)21/h4-7H,1-3H3,(H,16,17,19). The molecular weight excluding hydrogens is 338 g/mol. The van der Waals surface area contributed by atoms with Crippen LogP contribution in [0.2, 0.25) is 0 Å². The van der Waals surface area contributed by atoms with Crippen LogP contribution in [0.3, 0.4) is 0 Å². The van der Waals surface area contributed by atoms with E-state index in [0.29, 0.717) is 21.6 Å². The number of nitrogens with one attached hydrogen (secondary N) is 1. The topological polar surface area (TPSA) is 88.9 Å². The van der Waals surface area contributed by atoms with Gasteiger partial charge in [0.25, 0.3) is 11.2 Å². The van der Waals surface area contributed by atoms with E-state index in [1.165, 1.54) is 12.1 Å². The number of aromatic nitrogens is 2. The van der Waals surface area contributed by atoms with Crippen molar-refractivity contribution in [3.8, 4) is 11.4 Å². The summed E-state index contributed by atoms with van der Waals surface area (Å²) in [5.74, 6) is 0.392. The molecule has 0 atom stereocenters. The molecule has 0 amide bonds. The van der Waals surface area contributed by atoms with Crippen LogP contribution in [0, 0.1) is 10.1 Å². The maximum Gasteiger partial charge on any atom is 0.269 e. The molecule has 0 fully saturated rings. The van der Waals surface area contributed by atoms with Crippen LogP contribution >= 0.6 is 15.9 Å². The van der Waals surface area contributed by atoms with Crippen molar-refractivity contribution in [2.45, 2.75) is 26.2 Å². The van der Waals surface area contributed by atoms with Gasteiger partial charge in [0, 0.05) is 23.1 Å². The van der Waals surface area contributed by atoms with Crippen LogP contribution in [-0.2, 0) is 5.41 Å². The second-order valence-electron chi connectivity index (χ2n) is 5.63. The minimum atomic E-state index is -0.470. The van der Waals surface area contributed by atoms with Gasteiger partial charge in [-0.3, -0.25) is 14.9 Å². The Kier molecular flexibility index (Phi) is 3.95. The lowest BCUT2D eigenvalue weighted by Crippen LogP contribution is -2.22.